The van der Waals surface area contributed by atoms with Crippen LogP contribution in [0.25, 0.3) is 11.3 Å². The second kappa shape index (κ2) is 11.0. The zero-order valence-electron chi connectivity index (χ0n) is 21.1. The number of benzene rings is 3. The van der Waals surface area contributed by atoms with Crippen LogP contribution < -0.4 is 4.74 Å². The van der Waals surface area contributed by atoms with Gasteiger partial charge in [0.15, 0.2) is 0 Å². The maximum atomic E-state index is 14.8. The molecular weight excluding hydrogens is 523 g/mol. The molecule has 8 nitrogen and oxygen atoms in total. The van der Waals surface area contributed by atoms with E-state index in [1.807, 2.05) is 6.07 Å². The summed E-state index contributed by atoms with van der Waals surface area (Å²) in [5.41, 5.74) is -0.349. The van der Waals surface area contributed by atoms with Gasteiger partial charge in [0, 0.05) is 28.8 Å². The number of ether oxygens (including phenoxy) is 1. The molecule has 2 heterocycles. The predicted octanol–water partition coefficient (Wildman–Crippen LogP) is 5.49. The van der Waals surface area contributed by atoms with Gasteiger partial charge in [-0.25, -0.2) is 22.8 Å². The molecule has 0 unspecified atom stereocenters. The van der Waals surface area contributed by atoms with Crippen LogP contribution in [0.15, 0.2) is 83.9 Å². The van der Waals surface area contributed by atoms with Crippen molar-refractivity contribution in [1.29, 1.82) is 5.26 Å². The lowest BCUT2D eigenvalue weighted by molar-refractivity contribution is -0.0181. The lowest BCUT2D eigenvalue weighted by Crippen LogP contribution is -2.38. The summed E-state index contributed by atoms with van der Waals surface area (Å²) in [7, 11) is 0. The van der Waals surface area contributed by atoms with Crippen LogP contribution >= 0.6 is 0 Å². The van der Waals surface area contributed by atoms with Crippen molar-refractivity contribution in [2.75, 3.05) is 0 Å². The number of hydrogen-bond acceptors (Lipinski definition) is 7. The first kappa shape index (κ1) is 26.6. The van der Waals surface area contributed by atoms with Crippen molar-refractivity contribution in [3.05, 3.63) is 119 Å². The largest absolute Gasteiger partial charge is 0.489 e. The van der Waals surface area contributed by atoms with E-state index in [0.29, 0.717) is 28.6 Å². The maximum absolute atomic E-state index is 14.8. The minimum atomic E-state index is -1.89. The standard InChI is InChI=1S/C29H22F3N5O3/c1-18(29(38,15-37-17-34-16-35-37)24-9-6-22(30)11-26(24)32)28-12-27(36-40-28)20-4-7-23(8-5-20)39-14-21-3-2-19(13-33)10-25(21)31/h2-12,16-18,38H,14-15H2,1H3/t18-,29+/m0/s1. The third kappa shape index (κ3) is 5.43. The lowest BCUT2D eigenvalue weighted by Gasteiger charge is -2.33. The average Bonchev–Trinajstić information content (AvgIpc) is 3.65. The topological polar surface area (TPSA) is 110 Å². The summed E-state index contributed by atoms with van der Waals surface area (Å²) in [5.74, 6) is -2.29. The van der Waals surface area contributed by atoms with Crippen molar-refractivity contribution < 1.29 is 27.5 Å². The third-order valence-electron chi connectivity index (χ3n) is 6.67. The molecule has 0 saturated carbocycles. The number of nitrogens with zero attached hydrogens (tertiary/aromatic N) is 5. The summed E-state index contributed by atoms with van der Waals surface area (Å²) in [6.45, 7) is 1.44. The SMILES string of the molecule is C[C@@H](c1cc(-c2ccc(OCc3ccc(C#N)cc3F)cc2)no1)[C@](O)(Cn1cncn1)c1ccc(F)cc1F. The Balaban J connectivity index is 1.35. The summed E-state index contributed by atoms with van der Waals surface area (Å²) >= 11 is 0. The van der Waals surface area contributed by atoms with E-state index in [0.717, 1.165) is 12.1 Å². The van der Waals surface area contributed by atoms with E-state index in [1.165, 1.54) is 35.5 Å². The smallest absolute Gasteiger partial charge is 0.143 e. The molecule has 0 amide bonds. The van der Waals surface area contributed by atoms with Crippen LogP contribution in [0.1, 0.15) is 35.3 Å². The molecule has 0 bridgehead atoms. The Bertz CT molecular complexity index is 1670. The number of rotatable bonds is 9. The summed E-state index contributed by atoms with van der Waals surface area (Å²) in [6, 6.07) is 17.5. The summed E-state index contributed by atoms with van der Waals surface area (Å²) in [5, 5.41) is 28.8. The average molecular weight is 546 g/mol. The van der Waals surface area contributed by atoms with Gasteiger partial charge < -0.3 is 14.4 Å². The number of aromatic nitrogens is 4. The monoisotopic (exact) mass is 545 g/mol. The molecule has 2 aromatic heterocycles. The Kier molecular flexibility index (Phi) is 7.35. The quantitative estimate of drug-likeness (QED) is 0.261. The zero-order chi connectivity index (χ0) is 28.3. The molecule has 0 aliphatic rings. The highest BCUT2D eigenvalue weighted by atomic mass is 19.1. The fourth-order valence-corrected chi connectivity index (χ4v) is 4.34. The van der Waals surface area contributed by atoms with Gasteiger partial charge in [-0.1, -0.05) is 24.2 Å². The Hall–Kier alpha value is -4.95. The van der Waals surface area contributed by atoms with Crippen molar-refractivity contribution in [2.45, 2.75) is 31.6 Å². The van der Waals surface area contributed by atoms with Crippen LogP contribution in [0.4, 0.5) is 13.2 Å². The highest BCUT2D eigenvalue weighted by molar-refractivity contribution is 5.60. The molecule has 5 aromatic rings. The molecule has 202 valence electrons. The Morgan fingerprint density at radius 2 is 1.85 bits per heavy atom. The molecule has 0 saturated heterocycles. The Labute approximate surface area is 226 Å². The highest BCUT2D eigenvalue weighted by Gasteiger charge is 2.42. The van der Waals surface area contributed by atoms with Crippen LogP contribution in [0.3, 0.4) is 0 Å². The van der Waals surface area contributed by atoms with E-state index in [4.69, 9.17) is 14.5 Å². The molecule has 3 aromatic carbocycles. The van der Waals surface area contributed by atoms with Crippen LogP contribution in [0.5, 0.6) is 5.75 Å². The number of hydrogen-bond donors (Lipinski definition) is 1. The van der Waals surface area contributed by atoms with Gasteiger partial charge in [0.25, 0.3) is 0 Å². The molecule has 1 N–H and O–H groups in total. The van der Waals surface area contributed by atoms with Crippen molar-refractivity contribution in [3.8, 4) is 23.1 Å². The predicted molar refractivity (Wildman–Crippen MR) is 136 cm³/mol. The first-order valence-electron chi connectivity index (χ1n) is 12.2. The maximum Gasteiger partial charge on any atom is 0.143 e. The first-order chi connectivity index (χ1) is 19.3. The fourth-order valence-electron chi connectivity index (χ4n) is 4.34. The van der Waals surface area contributed by atoms with E-state index in [-0.39, 0.29) is 30.0 Å². The molecule has 0 radical (unpaired) electrons. The molecule has 0 aliphatic carbocycles. The summed E-state index contributed by atoms with van der Waals surface area (Å²) in [6.07, 6.45) is 2.66. The number of halogens is 3. The van der Waals surface area contributed by atoms with Crippen molar-refractivity contribution >= 4 is 0 Å². The van der Waals surface area contributed by atoms with E-state index in [9.17, 15) is 18.3 Å². The van der Waals surface area contributed by atoms with Gasteiger partial charge in [-0.3, -0.25) is 0 Å². The van der Waals surface area contributed by atoms with Gasteiger partial charge in [0.1, 0.15) is 59.5 Å². The summed E-state index contributed by atoms with van der Waals surface area (Å²) in [4.78, 5) is 3.87. The normalized spacial score (nSPS) is 13.4. The van der Waals surface area contributed by atoms with Crippen LogP contribution in [0.2, 0.25) is 0 Å². The molecule has 0 aliphatic heterocycles. The van der Waals surface area contributed by atoms with E-state index in [1.54, 1.807) is 37.3 Å². The molecular formula is C29H22F3N5O3. The van der Waals surface area contributed by atoms with E-state index < -0.39 is 29.0 Å². The minimum Gasteiger partial charge on any atom is -0.489 e. The number of aliphatic hydroxyl groups is 1. The van der Waals surface area contributed by atoms with Crippen LogP contribution in [-0.2, 0) is 18.8 Å². The second-order valence-corrected chi connectivity index (χ2v) is 9.21. The summed E-state index contributed by atoms with van der Waals surface area (Å²) < 4.78 is 55.2. The van der Waals surface area contributed by atoms with Gasteiger partial charge in [-0.15, -0.1) is 0 Å². The molecule has 0 fully saturated rings. The van der Waals surface area contributed by atoms with Gasteiger partial charge in [-0.2, -0.15) is 10.4 Å². The van der Waals surface area contributed by atoms with Crippen molar-refractivity contribution in [3.63, 3.8) is 0 Å². The second-order valence-electron chi connectivity index (χ2n) is 9.21. The van der Waals surface area contributed by atoms with E-state index >= 15 is 0 Å². The van der Waals surface area contributed by atoms with Gasteiger partial charge in [0.2, 0.25) is 0 Å². The highest BCUT2D eigenvalue weighted by Crippen LogP contribution is 2.40. The van der Waals surface area contributed by atoms with Gasteiger partial charge >= 0.3 is 0 Å². The zero-order valence-corrected chi connectivity index (χ0v) is 21.1. The molecule has 11 heteroatoms. The van der Waals surface area contributed by atoms with Gasteiger partial charge in [0.05, 0.1) is 24.1 Å². The molecule has 5 rings (SSSR count). The number of nitriles is 1. The lowest BCUT2D eigenvalue weighted by atomic mass is 9.80. The third-order valence-corrected chi connectivity index (χ3v) is 6.67. The van der Waals surface area contributed by atoms with Crippen LogP contribution in [0, 0.1) is 28.8 Å². The molecule has 0 spiro atoms. The molecule has 2 atom stereocenters. The van der Waals surface area contributed by atoms with E-state index in [2.05, 4.69) is 15.2 Å². The first-order valence-corrected chi connectivity index (χ1v) is 12.2. The molecule has 40 heavy (non-hydrogen) atoms. The Morgan fingerprint density at radius 3 is 2.52 bits per heavy atom. The fraction of sp³-hybridized carbons (Fsp3) is 0.172. The van der Waals surface area contributed by atoms with Crippen LogP contribution in [-0.4, -0.2) is 25.0 Å². The Morgan fingerprint density at radius 1 is 1.05 bits per heavy atom. The minimum absolute atomic E-state index is 0.0210. The van der Waals surface area contributed by atoms with Crippen molar-refractivity contribution in [2.24, 2.45) is 0 Å². The van der Waals surface area contributed by atoms with Crippen molar-refractivity contribution in [1.82, 2.24) is 19.9 Å². The van der Waals surface area contributed by atoms with Gasteiger partial charge in [-0.05, 0) is 42.5 Å².